The van der Waals surface area contributed by atoms with Gasteiger partial charge < -0.3 is 10.1 Å². The number of hydrogen-bond donors (Lipinski definition) is 1. The number of fused-ring (bicyclic) bond motifs is 1. The molecule has 0 amide bonds. The third-order valence-electron chi connectivity index (χ3n) is 3.04. The van der Waals surface area contributed by atoms with E-state index >= 15 is 0 Å². The highest BCUT2D eigenvalue weighted by molar-refractivity contribution is 5.43. The van der Waals surface area contributed by atoms with E-state index in [1.54, 1.807) is 0 Å². The van der Waals surface area contributed by atoms with Gasteiger partial charge in [0, 0.05) is 18.0 Å². The van der Waals surface area contributed by atoms with Crippen molar-refractivity contribution >= 4 is 0 Å². The van der Waals surface area contributed by atoms with Crippen molar-refractivity contribution in [1.29, 1.82) is 0 Å². The van der Waals surface area contributed by atoms with Gasteiger partial charge in [0.1, 0.15) is 5.75 Å². The highest BCUT2D eigenvalue weighted by Crippen LogP contribution is 2.34. The van der Waals surface area contributed by atoms with Gasteiger partial charge in [0.05, 0.1) is 6.61 Å². The van der Waals surface area contributed by atoms with Crippen LogP contribution >= 0.6 is 0 Å². The van der Waals surface area contributed by atoms with Gasteiger partial charge in [-0.25, -0.2) is 0 Å². The second-order valence-electron chi connectivity index (χ2n) is 4.99. The molecule has 2 rings (SSSR count). The standard InChI is InChI=1S/C14H21NO/c1-10(2)9-15-13-7-8-16-14-11(3)5-4-6-12(13)14/h4-6,10,13,15H,7-9H2,1-3H3. The zero-order valence-electron chi connectivity index (χ0n) is 10.4. The highest BCUT2D eigenvalue weighted by atomic mass is 16.5. The fourth-order valence-electron chi connectivity index (χ4n) is 2.17. The first-order chi connectivity index (χ1) is 7.68. The van der Waals surface area contributed by atoms with Crippen molar-refractivity contribution in [3.8, 4) is 5.75 Å². The maximum Gasteiger partial charge on any atom is 0.126 e. The van der Waals surface area contributed by atoms with E-state index in [-0.39, 0.29) is 0 Å². The van der Waals surface area contributed by atoms with Gasteiger partial charge in [-0.1, -0.05) is 32.0 Å². The number of benzene rings is 1. The summed E-state index contributed by atoms with van der Waals surface area (Å²) >= 11 is 0. The van der Waals surface area contributed by atoms with Crippen LogP contribution in [0.5, 0.6) is 5.75 Å². The lowest BCUT2D eigenvalue weighted by Crippen LogP contribution is -2.30. The fraction of sp³-hybridized carbons (Fsp3) is 0.571. The minimum atomic E-state index is 0.464. The van der Waals surface area contributed by atoms with Gasteiger partial charge in [-0.15, -0.1) is 0 Å². The second kappa shape index (κ2) is 4.88. The van der Waals surface area contributed by atoms with E-state index in [9.17, 15) is 0 Å². The lowest BCUT2D eigenvalue weighted by atomic mass is 9.97. The molecule has 2 heteroatoms. The number of hydrogen-bond acceptors (Lipinski definition) is 2. The molecule has 16 heavy (non-hydrogen) atoms. The molecule has 0 radical (unpaired) electrons. The van der Waals surface area contributed by atoms with Gasteiger partial charge in [-0.2, -0.15) is 0 Å². The Kier molecular flexibility index (Phi) is 3.49. The van der Waals surface area contributed by atoms with Crippen LogP contribution in [0.2, 0.25) is 0 Å². The van der Waals surface area contributed by atoms with Gasteiger partial charge in [-0.05, 0) is 24.9 Å². The average Bonchev–Trinajstić information content (AvgIpc) is 2.27. The molecule has 1 atom stereocenters. The SMILES string of the molecule is Cc1cccc2c1OCCC2NCC(C)C. The molecular weight excluding hydrogens is 198 g/mol. The molecule has 2 nitrogen and oxygen atoms in total. The number of rotatable bonds is 3. The molecule has 88 valence electrons. The van der Waals surface area contributed by atoms with E-state index in [4.69, 9.17) is 4.74 Å². The van der Waals surface area contributed by atoms with Gasteiger partial charge >= 0.3 is 0 Å². The molecular formula is C14H21NO. The Morgan fingerprint density at radius 3 is 3.00 bits per heavy atom. The summed E-state index contributed by atoms with van der Waals surface area (Å²) in [5, 5.41) is 3.62. The summed E-state index contributed by atoms with van der Waals surface area (Å²) in [6.07, 6.45) is 1.07. The molecule has 0 aromatic heterocycles. The predicted octanol–water partition coefficient (Wildman–Crippen LogP) is 3.06. The van der Waals surface area contributed by atoms with Gasteiger partial charge in [0.2, 0.25) is 0 Å². The van der Waals surface area contributed by atoms with Crippen LogP contribution in [0, 0.1) is 12.8 Å². The molecule has 0 saturated heterocycles. The molecule has 0 aliphatic carbocycles. The van der Waals surface area contributed by atoms with E-state index in [1.165, 1.54) is 11.1 Å². The van der Waals surface area contributed by atoms with Gasteiger partial charge in [0.25, 0.3) is 0 Å². The Bertz CT molecular complexity index is 360. The van der Waals surface area contributed by atoms with E-state index in [2.05, 4.69) is 44.3 Å². The van der Waals surface area contributed by atoms with Crippen molar-refractivity contribution in [3.63, 3.8) is 0 Å². The highest BCUT2D eigenvalue weighted by Gasteiger charge is 2.21. The van der Waals surface area contributed by atoms with E-state index in [0.717, 1.165) is 25.3 Å². The molecule has 1 aromatic rings. The van der Waals surface area contributed by atoms with Crippen LogP contribution in [0.25, 0.3) is 0 Å². The molecule has 0 bridgehead atoms. The average molecular weight is 219 g/mol. The molecule has 1 aliphatic rings. The second-order valence-corrected chi connectivity index (χ2v) is 4.99. The van der Waals surface area contributed by atoms with E-state index in [0.29, 0.717) is 12.0 Å². The zero-order chi connectivity index (χ0) is 11.5. The largest absolute Gasteiger partial charge is 0.493 e. The Morgan fingerprint density at radius 1 is 1.44 bits per heavy atom. The van der Waals surface area contributed by atoms with Crippen LogP contribution in [0.3, 0.4) is 0 Å². The normalized spacial score (nSPS) is 19.4. The van der Waals surface area contributed by atoms with Crippen LogP contribution in [0.1, 0.15) is 37.4 Å². The Labute approximate surface area is 98.0 Å². The summed E-state index contributed by atoms with van der Waals surface area (Å²) in [4.78, 5) is 0. The minimum Gasteiger partial charge on any atom is -0.493 e. The van der Waals surface area contributed by atoms with Gasteiger partial charge in [0.15, 0.2) is 0 Å². The Balaban J connectivity index is 2.16. The quantitative estimate of drug-likeness (QED) is 0.843. The van der Waals surface area contributed by atoms with Crippen LogP contribution in [0.4, 0.5) is 0 Å². The maximum absolute atomic E-state index is 5.75. The summed E-state index contributed by atoms with van der Waals surface area (Å²) < 4.78 is 5.75. The van der Waals surface area contributed by atoms with Crippen molar-refractivity contribution in [2.75, 3.05) is 13.2 Å². The summed E-state index contributed by atoms with van der Waals surface area (Å²) in [5.74, 6) is 1.78. The van der Waals surface area contributed by atoms with E-state index in [1.807, 2.05) is 0 Å². The molecule has 0 spiro atoms. The molecule has 1 unspecified atom stereocenters. The molecule has 0 fully saturated rings. The number of nitrogens with one attached hydrogen (secondary N) is 1. The first-order valence-corrected chi connectivity index (χ1v) is 6.14. The lowest BCUT2D eigenvalue weighted by molar-refractivity contribution is 0.248. The molecule has 0 saturated carbocycles. The van der Waals surface area contributed by atoms with Crippen molar-refractivity contribution in [1.82, 2.24) is 5.32 Å². The van der Waals surface area contributed by atoms with Crippen LogP contribution in [-0.2, 0) is 0 Å². The fourth-order valence-corrected chi connectivity index (χ4v) is 2.17. The Morgan fingerprint density at radius 2 is 2.25 bits per heavy atom. The van der Waals surface area contributed by atoms with Gasteiger partial charge in [-0.3, -0.25) is 0 Å². The topological polar surface area (TPSA) is 21.3 Å². The zero-order valence-corrected chi connectivity index (χ0v) is 10.4. The maximum atomic E-state index is 5.75. The molecule has 1 aliphatic heterocycles. The third-order valence-corrected chi connectivity index (χ3v) is 3.04. The first-order valence-electron chi connectivity index (χ1n) is 6.14. The molecule has 1 aromatic carbocycles. The van der Waals surface area contributed by atoms with E-state index < -0.39 is 0 Å². The smallest absolute Gasteiger partial charge is 0.126 e. The van der Waals surface area contributed by atoms with Crippen LogP contribution < -0.4 is 10.1 Å². The number of para-hydroxylation sites is 1. The van der Waals surface area contributed by atoms with Crippen molar-refractivity contribution < 1.29 is 4.74 Å². The number of ether oxygens (including phenoxy) is 1. The Hall–Kier alpha value is -1.02. The van der Waals surface area contributed by atoms with Crippen molar-refractivity contribution in [2.45, 2.75) is 33.2 Å². The van der Waals surface area contributed by atoms with Crippen molar-refractivity contribution in [3.05, 3.63) is 29.3 Å². The first kappa shape index (κ1) is 11.5. The summed E-state index contributed by atoms with van der Waals surface area (Å²) in [6.45, 7) is 8.49. The lowest BCUT2D eigenvalue weighted by Gasteiger charge is -2.28. The third kappa shape index (κ3) is 2.38. The van der Waals surface area contributed by atoms with Crippen molar-refractivity contribution in [2.24, 2.45) is 5.92 Å². The summed E-state index contributed by atoms with van der Waals surface area (Å²) in [5.41, 5.74) is 2.57. The van der Waals surface area contributed by atoms with Crippen LogP contribution in [0.15, 0.2) is 18.2 Å². The summed E-state index contributed by atoms with van der Waals surface area (Å²) in [7, 11) is 0. The molecule has 1 N–H and O–H groups in total. The summed E-state index contributed by atoms with van der Waals surface area (Å²) in [6, 6.07) is 6.88. The monoisotopic (exact) mass is 219 g/mol. The molecule has 1 heterocycles. The predicted molar refractivity (Wildman–Crippen MR) is 66.9 cm³/mol. The minimum absolute atomic E-state index is 0.464. The number of aryl methyl sites for hydroxylation is 1. The van der Waals surface area contributed by atoms with Crippen LogP contribution in [-0.4, -0.2) is 13.2 Å².